The molecule has 0 rings (SSSR count). The van der Waals surface area contributed by atoms with Gasteiger partial charge in [0.25, 0.3) is 0 Å². The molecule has 0 heterocycles. The van der Waals surface area contributed by atoms with Crippen molar-refractivity contribution in [2.24, 2.45) is 0 Å². The van der Waals surface area contributed by atoms with Crippen LogP contribution in [0.25, 0.3) is 0 Å². The van der Waals surface area contributed by atoms with Gasteiger partial charge in [-0.25, -0.2) is 0 Å². The quantitative estimate of drug-likeness (QED) is 0.486. The Balaban J connectivity index is 4.23. The number of rotatable bonds is 3. The molecule has 0 saturated heterocycles. The van der Waals surface area contributed by atoms with Gasteiger partial charge >= 0.3 is 74.3 Å². The van der Waals surface area contributed by atoms with Crippen LogP contribution in [0.5, 0.6) is 0 Å². The van der Waals surface area contributed by atoms with Crippen molar-refractivity contribution in [3.63, 3.8) is 0 Å². The van der Waals surface area contributed by atoms with Crippen LogP contribution < -0.4 is 0 Å². The van der Waals surface area contributed by atoms with E-state index in [1.165, 1.54) is 6.16 Å². The van der Waals surface area contributed by atoms with Crippen molar-refractivity contribution in [1.82, 2.24) is 0 Å². The molecule has 0 aromatic rings. The fourth-order valence-electron chi connectivity index (χ4n) is 0.879. The van der Waals surface area contributed by atoms with E-state index < -0.39 is 7.26 Å². The van der Waals surface area contributed by atoms with Gasteiger partial charge in [0, 0.05) is 0 Å². The van der Waals surface area contributed by atoms with E-state index in [-0.39, 0.29) is 10.2 Å². The van der Waals surface area contributed by atoms with E-state index in [9.17, 15) is 0 Å². The molecule has 0 fully saturated rings. The first-order valence-electron chi connectivity index (χ1n) is 3.73. The molecule has 0 N–H and O–H groups in total. The molecule has 0 aromatic heterocycles. The van der Waals surface area contributed by atoms with Crippen molar-refractivity contribution < 1.29 is 0 Å². The number of alkyl halides is 2. The van der Waals surface area contributed by atoms with Gasteiger partial charge in [0.05, 0.1) is 0 Å². The Morgan fingerprint density at radius 3 is 1.50 bits per heavy atom. The minimum atomic E-state index is -1.35. The topological polar surface area (TPSA) is 0 Å². The van der Waals surface area contributed by atoms with Crippen molar-refractivity contribution in [2.75, 3.05) is 12.8 Å². The van der Waals surface area contributed by atoms with Gasteiger partial charge < -0.3 is 0 Å². The van der Waals surface area contributed by atoms with Crippen molar-refractivity contribution >= 4 is 30.5 Å². The summed E-state index contributed by atoms with van der Waals surface area (Å²) in [5.41, 5.74) is 0. The predicted octanol–water partition coefficient (Wildman–Crippen LogP) is 3.56. The van der Waals surface area contributed by atoms with Gasteiger partial charge in [0.15, 0.2) is 0 Å². The Hall–Kier alpha value is 1.01. The maximum atomic E-state index is 6.06. The van der Waals surface area contributed by atoms with Crippen molar-refractivity contribution in [3.05, 3.63) is 0 Å². The summed E-state index contributed by atoms with van der Waals surface area (Å²) in [7, 11) is -1.35. The van der Waals surface area contributed by atoms with E-state index in [4.69, 9.17) is 23.2 Å². The van der Waals surface area contributed by atoms with Gasteiger partial charge in [-0.1, -0.05) is 0 Å². The molecule has 2 unspecified atom stereocenters. The molecule has 0 aliphatic carbocycles. The Kier molecular flexibility index (Phi) is 4.56. The second-order valence-electron chi connectivity index (χ2n) is 3.09. The molecule has 0 nitrogen and oxygen atoms in total. The second kappa shape index (κ2) is 4.14. The molecule has 0 bridgehead atoms. The molecule has 0 radical (unpaired) electrons. The Bertz CT molecular complexity index is 93.8. The van der Waals surface area contributed by atoms with Gasteiger partial charge in [0.1, 0.15) is 0 Å². The fourth-order valence-corrected chi connectivity index (χ4v) is 4.89. The third-order valence-corrected chi connectivity index (χ3v) is 10.7. The average molecular weight is 203 g/mol. The minimum absolute atomic E-state index is 0.282. The molecule has 64 valence electrons. The van der Waals surface area contributed by atoms with Crippen LogP contribution in [0.15, 0.2) is 0 Å². The van der Waals surface area contributed by atoms with E-state index in [1.807, 2.05) is 0 Å². The number of hydrogen-bond acceptors (Lipinski definition) is 0. The summed E-state index contributed by atoms with van der Waals surface area (Å²) >= 11 is 12.1. The molecular formula is C7H17Cl2P. The number of halogens is 2. The van der Waals surface area contributed by atoms with E-state index in [1.54, 1.807) is 0 Å². The standard InChI is InChI=1S/C7H17Cl2P/c1-5-10(4,6(2)8)7(3)9/h6-7,10H,5H2,1-4H3. The summed E-state index contributed by atoms with van der Waals surface area (Å²) in [6.07, 6.45) is 1.17. The summed E-state index contributed by atoms with van der Waals surface area (Å²) in [5.74, 6) is 0. The molecule has 0 amide bonds. The first-order valence-corrected chi connectivity index (χ1v) is 7.46. The molecule has 0 aliphatic heterocycles. The molecule has 10 heavy (non-hydrogen) atoms. The first kappa shape index (κ1) is 11.0. The van der Waals surface area contributed by atoms with Gasteiger partial charge in [-0.3, -0.25) is 0 Å². The third-order valence-electron chi connectivity index (χ3n) is 2.58. The van der Waals surface area contributed by atoms with Crippen LogP contribution in [0.3, 0.4) is 0 Å². The molecule has 0 spiro atoms. The molecule has 0 aromatic carbocycles. The fraction of sp³-hybridized carbons (Fsp3) is 1.00. The van der Waals surface area contributed by atoms with Gasteiger partial charge in [0.2, 0.25) is 0 Å². The van der Waals surface area contributed by atoms with E-state index >= 15 is 0 Å². The Morgan fingerprint density at radius 1 is 1.20 bits per heavy atom. The van der Waals surface area contributed by atoms with Crippen LogP contribution >= 0.6 is 30.5 Å². The summed E-state index contributed by atoms with van der Waals surface area (Å²) in [4.78, 5) is 0. The predicted molar refractivity (Wildman–Crippen MR) is 55.4 cm³/mol. The maximum absolute atomic E-state index is 6.06. The van der Waals surface area contributed by atoms with Crippen molar-refractivity contribution in [3.8, 4) is 0 Å². The van der Waals surface area contributed by atoms with Crippen molar-refractivity contribution in [1.29, 1.82) is 0 Å². The molecule has 0 aliphatic rings. The van der Waals surface area contributed by atoms with Crippen LogP contribution in [-0.4, -0.2) is 23.1 Å². The normalized spacial score (nSPS) is 20.2. The van der Waals surface area contributed by atoms with Crippen LogP contribution in [0.2, 0.25) is 0 Å². The van der Waals surface area contributed by atoms with Crippen LogP contribution in [0.4, 0.5) is 0 Å². The summed E-state index contributed by atoms with van der Waals surface area (Å²) < 4.78 is 0. The zero-order chi connectivity index (χ0) is 8.36. The molecule has 3 heteroatoms. The number of hydrogen-bond donors (Lipinski definition) is 0. The third kappa shape index (κ3) is 2.26. The van der Waals surface area contributed by atoms with Gasteiger partial charge in [-0.2, -0.15) is 0 Å². The van der Waals surface area contributed by atoms with Crippen LogP contribution in [0.1, 0.15) is 20.8 Å². The zero-order valence-electron chi connectivity index (χ0n) is 7.12. The monoisotopic (exact) mass is 202 g/mol. The van der Waals surface area contributed by atoms with Gasteiger partial charge in [-0.15, -0.1) is 0 Å². The van der Waals surface area contributed by atoms with E-state index in [2.05, 4.69) is 27.4 Å². The second-order valence-corrected chi connectivity index (χ2v) is 10.6. The first-order chi connectivity index (χ1) is 4.45. The van der Waals surface area contributed by atoms with Crippen molar-refractivity contribution in [2.45, 2.75) is 31.0 Å². The summed E-state index contributed by atoms with van der Waals surface area (Å²) in [5, 5.41) is 0.565. The molecule has 0 saturated carbocycles. The SMILES string of the molecule is CC[PH](C)(C(C)Cl)C(C)Cl. The zero-order valence-corrected chi connectivity index (χ0v) is 9.63. The Labute approximate surface area is 74.6 Å². The Morgan fingerprint density at radius 2 is 1.50 bits per heavy atom. The van der Waals surface area contributed by atoms with Gasteiger partial charge in [-0.05, 0) is 0 Å². The van der Waals surface area contributed by atoms with E-state index in [0.717, 1.165) is 0 Å². The summed E-state index contributed by atoms with van der Waals surface area (Å²) in [6, 6.07) is 0. The van der Waals surface area contributed by atoms with Crippen LogP contribution in [-0.2, 0) is 0 Å². The molecule has 2 atom stereocenters. The van der Waals surface area contributed by atoms with Crippen LogP contribution in [0, 0.1) is 0 Å². The average Bonchev–Trinajstić information content (AvgIpc) is 1.85. The van der Waals surface area contributed by atoms with E-state index in [0.29, 0.717) is 0 Å². The molecular weight excluding hydrogens is 186 g/mol. The summed E-state index contributed by atoms with van der Waals surface area (Å²) in [6.45, 7) is 8.58.